The molecular formula is C16H22N4O4. The summed E-state index contributed by atoms with van der Waals surface area (Å²) in [6, 6.07) is 3.08. The molecule has 0 aromatic carbocycles. The van der Waals surface area contributed by atoms with Gasteiger partial charge in [0.1, 0.15) is 5.69 Å². The van der Waals surface area contributed by atoms with E-state index in [2.05, 4.69) is 10.3 Å². The number of nitrogens with one attached hydrogen (secondary N) is 1. The zero-order chi connectivity index (χ0) is 17.5. The van der Waals surface area contributed by atoms with Crippen LogP contribution in [0.2, 0.25) is 0 Å². The molecular weight excluding hydrogens is 312 g/mol. The third-order valence-corrected chi connectivity index (χ3v) is 3.84. The number of hydrogen-bond donors (Lipinski definition) is 1. The van der Waals surface area contributed by atoms with Crippen LogP contribution in [0.1, 0.15) is 27.8 Å². The van der Waals surface area contributed by atoms with E-state index in [0.29, 0.717) is 44.9 Å². The molecule has 0 unspecified atom stereocenters. The molecule has 0 spiro atoms. The molecule has 1 saturated heterocycles. The lowest BCUT2D eigenvalue weighted by atomic mass is 10.1. The van der Waals surface area contributed by atoms with E-state index in [0.717, 1.165) is 0 Å². The van der Waals surface area contributed by atoms with E-state index >= 15 is 0 Å². The predicted molar refractivity (Wildman–Crippen MR) is 86.6 cm³/mol. The molecule has 0 bridgehead atoms. The van der Waals surface area contributed by atoms with Crippen molar-refractivity contribution >= 4 is 17.7 Å². The Morgan fingerprint density at radius 3 is 2.50 bits per heavy atom. The number of methoxy groups -OCH3 is 1. The molecule has 2 rings (SSSR count). The van der Waals surface area contributed by atoms with Crippen LogP contribution in [0.3, 0.4) is 0 Å². The minimum absolute atomic E-state index is 0.0148. The summed E-state index contributed by atoms with van der Waals surface area (Å²) in [4.78, 5) is 43.3. The van der Waals surface area contributed by atoms with Gasteiger partial charge in [0, 0.05) is 58.5 Å². The average molecular weight is 334 g/mol. The van der Waals surface area contributed by atoms with Crippen LogP contribution >= 0.6 is 0 Å². The lowest BCUT2D eigenvalue weighted by Crippen LogP contribution is -2.50. The number of aromatic nitrogens is 1. The smallest absolute Gasteiger partial charge is 0.269 e. The molecule has 1 aliphatic heterocycles. The second kappa shape index (κ2) is 8.39. The van der Waals surface area contributed by atoms with Gasteiger partial charge in [-0.25, -0.2) is 0 Å². The van der Waals surface area contributed by atoms with Crippen LogP contribution in [-0.2, 0) is 9.53 Å². The number of carbonyl (C=O) groups excluding carboxylic acids is 3. The highest BCUT2D eigenvalue weighted by Gasteiger charge is 2.23. The molecule has 24 heavy (non-hydrogen) atoms. The van der Waals surface area contributed by atoms with Crippen molar-refractivity contribution < 1.29 is 19.1 Å². The van der Waals surface area contributed by atoms with Gasteiger partial charge in [-0.15, -0.1) is 0 Å². The number of nitrogens with zero attached hydrogens (tertiary/aromatic N) is 3. The monoisotopic (exact) mass is 334 g/mol. The number of amides is 3. The SMILES string of the molecule is COCCNC(=O)c1cc(C(=O)N2CCN(C(C)=O)CC2)ccn1. The zero-order valence-corrected chi connectivity index (χ0v) is 13.9. The lowest BCUT2D eigenvalue weighted by Gasteiger charge is -2.34. The first-order chi connectivity index (χ1) is 11.5. The maximum absolute atomic E-state index is 12.6. The van der Waals surface area contributed by atoms with Crippen LogP contribution in [0.4, 0.5) is 0 Å². The first-order valence-electron chi connectivity index (χ1n) is 7.81. The van der Waals surface area contributed by atoms with Gasteiger partial charge < -0.3 is 19.9 Å². The summed E-state index contributed by atoms with van der Waals surface area (Å²) in [7, 11) is 1.55. The Hall–Kier alpha value is -2.48. The van der Waals surface area contributed by atoms with Crippen LogP contribution in [0, 0.1) is 0 Å². The molecule has 0 radical (unpaired) electrons. The van der Waals surface area contributed by atoms with Gasteiger partial charge in [0.25, 0.3) is 11.8 Å². The van der Waals surface area contributed by atoms with E-state index in [1.54, 1.807) is 23.0 Å². The van der Waals surface area contributed by atoms with Gasteiger partial charge in [-0.3, -0.25) is 19.4 Å². The summed E-state index contributed by atoms with van der Waals surface area (Å²) in [5, 5.41) is 2.67. The van der Waals surface area contributed by atoms with Crippen molar-refractivity contribution in [1.29, 1.82) is 0 Å². The van der Waals surface area contributed by atoms with Crippen LogP contribution in [-0.4, -0.2) is 78.9 Å². The largest absolute Gasteiger partial charge is 0.383 e. The summed E-state index contributed by atoms with van der Waals surface area (Å²) in [6.45, 7) is 4.32. The van der Waals surface area contributed by atoms with Crippen molar-refractivity contribution in [1.82, 2.24) is 20.1 Å². The number of hydrogen-bond acceptors (Lipinski definition) is 5. The molecule has 3 amide bonds. The van der Waals surface area contributed by atoms with Gasteiger partial charge in [-0.2, -0.15) is 0 Å². The summed E-state index contributed by atoms with van der Waals surface area (Å²) in [5.41, 5.74) is 0.609. The lowest BCUT2D eigenvalue weighted by molar-refractivity contribution is -0.130. The second-order valence-electron chi connectivity index (χ2n) is 5.48. The standard InChI is InChI=1S/C16H22N4O4/c1-12(21)19-6-8-20(9-7-19)16(23)13-3-4-17-14(11-13)15(22)18-5-10-24-2/h3-4,11H,5-10H2,1-2H3,(H,18,22). The third kappa shape index (κ3) is 4.51. The number of pyridine rings is 1. The van der Waals surface area contributed by atoms with Crippen LogP contribution < -0.4 is 5.32 Å². The second-order valence-corrected chi connectivity index (χ2v) is 5.48. The van der Waals surface area contributed by atoms with Gasteiger partial charge >= 0.3 is 0 Å². The number of piperazine rings is 1. The van der Waals surface area contributed by atoms with Crippen LogP contribution in [0.15, 0.2) is 18.3 Å². The topological polar surface area (TPSA) is 91.8 Å². The van der Waals surface area contributed by atoms with E-state index in [1.165, 1.54) is 19.2 Å². The number of carbonyl (C=O) groups is 3. The highest BCUT2D eigenvalue weighted by atomic mass is 16.5. The Labute approximate surface area is 140 Å². The maximum atomic E-state index is 12.6. The van der Waals surface area contributed by atoms with Gasteiger partial charge in [-0.05, 0) is 12.1 Å². The average Bonchev–Trinajstić information content (AvgIpc) is 2.61. The van der Waals surface area contributed by atoms with Gasteiger partial charge in [-0.1, -0.05) is 0 Å². The van der Waals surface area contributed by atoms with E-state index in [1.807, 2.05) is 0 Å². The van der Waals surface area contributed by atoms with Crippen LogP contribution in [0.5, 0.6) is 0 Å². The molecule has 8 nitrogen and oxygen atoms in total. The van der Waals surface area contributed by atoms with Gasteiger partial charge in [0.2, 0.25) is 5.91 Å². The van der Waals surface area contributed by atoms with E-state index in [4.69, 9.17) is 4.74 Å². The first kappa shape index (κ1) is 17.9. The summed E-state index contributed by atoms with van der Waals surface area (Å²) in [6.07, 6.45) is 1.45. The van der Waals surface area contributed by atoms with Gasteiger partial charge in [0.15, 0.2) is 0 Å². The quantitative estimate of drug-likeness (QED) is 0.751. The number of ether oxygens (including phenoxy) is 1. The molecule has 1 N–H and O–H groups in total. The van der Waals surface area contributed by atoms with E-state index < -0.39 is 0 Å². The molecule has 1 aromatic rings. The molecule has 0 atom stereocenters. The number of rotatable bonds is 5. The summed E-state index contributed by atoms with van der Waals surface area (Å²) < 4.78 is 4.87. The van der Waals surface area contributed by atoms with Crippen molar-refractivity contribution in [2.75, 3.05) is 46.4 Å². The molecule has 2 heterocycles. The van der Waals surface area contributed by atoms with E-state index in [9.17, 15) is 14.4 Å². The maximum Gasteiger partial charge on any atom is 0.269 e. The minimum atomic E-state index is -0.344. The summed E-state index contributed by atoms with van der Waals surface area (Å²) >= 11 is 0. The van der Waals surface area contributed by atoms with Gasteiger partial charge in [0.05, 0.1) is 6.61 Å². The minimum Gasteiger partial charge on any atom is -0.383 e. The zero-order valence-electron chi connectivity index (χ0n) is 13.9. The molecule has 0 aliphatic carbocycles. The first-order valence-corrected chi connectivity index (χ1v) is 7.81. The Kier molecular flexibility index (Phi) is 6.25. The molecule has 0 saturated carbocycles. The Morgan fingerprint density at radius 1 is 1.21 bits per heavy atom. The Bertz CT molecular complexity index is 612. The predicted octanol–water partition coefficient (Wildman–Crippen LogP) is -0.238. The van der Waals surface area contributed by atoms with Crippen molar-refractivity contribution in [2.24, 2.45) is 0 Å². The van der Waals surface area contributed by atoms with E-state index in [-0.39, 0.29) is 23.4 Å². The van der Waals surface area contributed by atoms with Crippen LogP contribution in [0.25, 0.3) is 0 Å². The molecule has 1 aliphatic rings. The van der Waals surface area contributed by atoms with Crippen molar-refractivity contribution in [3.8, 4) is 0 Å². The Balaban J connectivity index is 1.99. The molecule has 1 aromatic heterocycles. The van der Waals surface area contributed by atoms with Crippen molar-refractivity contribution in [3.63, 3.8) is 0 Å². The Morgan fingerprint density at radius 2 is 1.88 bits per heavy atom. The normalized spacial score (nSPS) is 14.4. The highest BCUT2D eigenvalue weighted by Crippen LogP contribution is 2.10. The van der Waals surface area contributed by atoms with Crippen molar-refractivity contribution in [3.05, 3.63) is 29.6 Å². The fourth-order valence-electron chi connectivity index (χ4n) is 2.45. The molecule has 8 heteroatoms. The summed E-state index contributed by atoms with van der Waals surface area (Å²) in [5.74, 6) is -0.490. The molecule has 1 fully saturated rings. The van der Waals surface area contributed by atoms with Crippen molar-refractivity contribution in [2.45, 2.75) is 6.92 Å². The fourth-order valence-corrected chi connectivity index (χ4v) is 2.45. The third-order valence-electron chi connectivity index (χ3n) is 3.84. The fraction of sp³-hybridized carbons (Fsp3) is 0.500. The molecule has 130 valence electrons. The highest BCUT2D eigenvalue weighted by molar-refractivity contribution is 5.98.